The minimum absolute atomic E-state index is 0.0224. The van der Waals surface area contributed by atoms with E-state index in [2.05, 4.69) is 0 Å². The number of anilines is 4. The molecule has 234 valence electrons. The molecule has 0 aliphatic carbocycles. The molecule has 0 fully saturated rings. The molecule has 5 aromatic carbocycles. The summed E-state index contributed by atoms with van der Waals surface area (Å²) < 4.78 is 0. The lowest BCUT2D eigenvalue weighted by Gasteiger charge is -2.18. The Morgan fingerprint density at radius 1 is 0.458 bits per heavy atom. The van der Waals surface area contributed by atoms with Crippen LogP contribution in [0.1, 0.15) is 41.4 Å². The summed E-state index contributed by atoms with van der Waals surface area (Å²) in [4.78, 5) is 78.0. The van der Waals surface area contributed by atoms with Crippen LogP contribution < -0.4 is 21.3 Å². The third-order valence-corrected chi connectivity index (χ3v) is 8.19. The molecule has 14 nitrogen and oxygen atoms in total. The van der Waals surface area contributed by atoms with Gasteiger partial charge in [0.1, 0.15) is 0 Å². The van der Waals surface area contributed by atoms with E-state index in [1.54, 1.807) is 60.7 Å². The molecule has 0 radical (unpaired) electrons. The molecule has 2 aliphatic heterocycles. The lowest BCUT2D eigenvalue weighted by Crippen LogP contribution is -2.32. The van der Waals surface area contributed by atoms with Crippen LogP contribution in [0.3, 0.4) is 0 Å². The highest BCUT2D eigenvalue weighted by molar-refractivity contribution is 6.37. The first-order valence-electron chi connectivity index (χ1n) is 14.2. The number of rotatable bonds is 6. The van der Waals surface area contributed by atoms with Crippen LogP contribution in [0.4, 0.5) is 34.1 Å². The van der Waals surface area contributed by atoms with Gasteiger partial charge in [0.2, 0.25) is 5.69 Å². The van der Waals surface area contributed by atoms with E-state index in [-0.39, 0.29) is 22.3 Å². The SMILES string of the molecule is Nc1ccc(-c2ccc3c(c2)C(=O)N(c2cc([N+](=O)[O-])c(N4C(=O)c5ccc(-c6ccc(N)cc6)cc5C4=O)c([N+](=O)[O-])c2)C3=O)cc1. The average molecular weight is 641 g/mol. The molecule has 2 heterocycles. The van der Waals surface area contributed by atoms with Crippen molar-refractivity contribution in [3.63, 3.8) is 0 Å². The van der Waals surface area contributed by atoms with Gasteiger partial charge in [-0.05, 0) is 70.8 Å². The maximum absolute atomic E-state index is 13.7. The number of amides is 4. The second-order valence-corrected chi connectivity index (χ2v) is 11.0. The summed E-state index contributed by atoms with van der Waals surface area (Å²) in [5.41, 5.74) is 11.2. The van der Waals surface area contributed by atoms with Gasteiger partial charge in [-0.1, -0.05) is 36.4 Å². The number of nitrogen functional groups attached to an aromatic ring is 2. The first-order chi connectivity index (χ1) is 22.9. The van der Waals surface area contributed by atoms with Crippen molar-refractivity contribution in [2.24, 2.45) is 0 Å². The summed E-state index contributed by atoms with van der Waals surface area (Å²) >= 11 is 0. The van der Waals surface area contributed by atoms with Crippen molar-refractivity contribution in [1.82, 2.24) is 0 Å². The lowest BCUT2D eigenvalue weighted by atomic mass is 10.00. The van der Waals surface area contributed by atoms with Crippen LogP contribution in [0.25, 0.3) is 22.3 Å². The van der Waals surface area contributed by atoms with Gasteiger partial charge in [-0.3, -0.25) is 39.4 Å². The second kappa shape index (κ2) is 10.7. The molecular formula is C34H20N6O8. The minimum atomic E-state index is -1.04. The lowest BCUT2D eigenvalue weighted by molar-refractivity contribution is -0.392. The molecule has 4 N–H and O–H groups in total. The highest BCUT2D eigenvalue weighted by Gasteiger charge is 2.46. The summed E-state index contributed by atoms with van der Waals surface area (Å²) in [6.07, 6.45) is 0. The van der Waals surface area contributed by atoms with Gasteiger partial charge >= 0.3 is 11.4 Å². The first kappa shape index (κ1) is 29.5. The molecule has 0 unspecified atom stereocenters. The number of nitro benzene ring substituents is 2. The Morgan fingerprint density at radius 3 is 1.23 bits per heavy atom. The van der Waals surface area contributed by atoms with Crippen molar-refractivity contribution in [2.75, 3.05) is 21.3 Å². The van der Waals surface area contributed by atoms with Gasteiger partial charge in [-0.2, -0.15) is 0 Å². The average Bonchev–Trinajstić information content (AvgIpc) is 3.47. The third kappa shape index (κ3) is 4.51. The Kier molecular flexibility index (Phi) is 6.57. The molecule has 0 saturated heterocycles. The quantitative estimate of drug-likeness (QED) is 0.101. The summed E-state index contributed by atoms with van der Waals surface area (Å²) in [5, 5.41) is 24.8. The van der Waals surface area contributed by atoms with Crippen molar-refractivity contribution < 1.29 is 29.0 Å². The number of benzene rings is 5. The maximum atomic E-state index is 13.7. The topological polar surface area (TPSA) is 213 Å². The standard InChI is InChI=1S/C34H20N6O8/c35-21-7-1-17(2-8-21)19-5-11-24-26(13-19)33(43)37(31(24)41)23-15-28(39(45)46)30(29(16-23)40(47)48)38-32(42)25-12-6-20(14-27(25)34(38)44)18-3-9-22(36)10-4-18/h1-16H,35-36H2. The molecular weight excluding hydrogens is 620 g/mol. The Labute approximate surface area is 269 Å². The summed E-state index contributed by atoms with van der Waals surface area (Å²) in [5.74, 6) is -3.79. The van der Waals surface area contributed by atoms with E-state index in [1.807, 2.05) is 0 Å². The number of hydrogen-bond donors (Lipinski definition) is 2. The zero-order chi connectivity index (χ0) is 34.0. The van der Waals surface area contributed by atoms with E-state index >= 15 is 0 Å². The molecule has 0 bridgehead atoms. The van der Waals surface area contributed by atoms with Gasteiger partial charge < -0.3 is 11.5 Å². The van der Waals surface area contributed by atoms with Crippen molar-refractivity contribution in [3.05, 3.63) is 140 Å². The second-order valence-electron chi connectivity index (χ2n) is 11.0. The number of hydrogen-bond acceptors (Lipinski definition) is 10. The molecule has 0 saturated carbocycles. The number of imide groups is 2. The highest BCUT2D eigenvalue weighted by atomic mass is 16.6. The largest absolute Gasteiger partial charge is 0.399 e. The van der Waals surface area contributed by atoms with E-state index in [1.165, 1.54) is 24.3 Å². The number of nitrogens with zero attached hydrogens (tertiary/aromatic N) is 4. The molecule has 0 atom stereocenters. The van der Waals surface area contributed by atoms with Crippen LogP contribution in [-0.4, -0.2) is 33.5 Å². The van der Waals surface area contributed by atoms with Gasteiger partial charge in [0, 0.05) is 23.5 Å². The van der Waals surface area contributed by atoms with Crippen LogP contribution in [0.5, 0.6) is 0 Å². The van der Waals surface area contributed by atoms with Crippen LogP contribution in [0.2, 0.25) is 0 Å². The van der Waals surface area contributed by atoms with Gasteiger partial charge in [0.25, 0.3) is 23.6 Å². The normalized spacial score (nSPS) is 13.6. The van der Waals surface area contributed by atoms with E-state index in [4.69, 9.17) is 11.5 Å². The van der Waals surface area contributed by atoms with Crippen molar-refractivity contribution in [3.8, 4) is 22.3 Å². The summed E-state index contributed by atoms with van der Waals surface area (Å²) in [6.45, 7) is 0. The molecule has 5 aromatic rings. The zero-order valence-corrected chi connectivity index (χ0v) is 24.4. The number of carbonyl (C=O) groups excluding carboxylic acids is 4. The summed E-state index contributed by atoms with van der Waals surface area (Å²) in [7, 11) is 0. The fraction of sp³-hybridized carbons (Fsp3) is 0. The smallest absolute Gasteiger partial charge is 0.302 e. The molecule has 48 heavy (non-hydrogen) atoms. The Bertz CT molecular complexity index is 2270. The predicted octanol–water partition coefficient (Wildman–Crippen LogP) is 5.60. The van der Waals surface area contributed by atoms with Crippen LogP contribution >= 0.6 is 0 Å². The number of nitrogens with two attached hydrogens (primary N) is 2. The van der Waals surface area contributed by atoms with Crippen molar-refractivity contribution >= 4 is 57.8 Å². The van der Waals surface area contributed by atoms with Crippen LogP contribution in [-0.2, 0) is 0 Å². The van der Waals surface area contributed by atoms with Crippen molar-refractivity contribution in [1.29, 1.82) is 0 Å². The minimum Gasteiger partial charge on any atom is -0.399 e. The molecule has 0 aromatic heterocycles. The van der Waals surface area contributed by atoms with Crippen LogP contribution in [0, 0.1) is 20.2 Å². The predicted molar refractivity (Wildman–Crippen MR) is 175 cm³/mol. The Morgan fingerprint density at radius 2 is 0.812 bits per heavy atom. The fourth-order valence-electron chi connectivity index (χ4n) is 5.86. The zero-order valence-electron chi connectivity index (χ0n) is 24.4. The van der Waals surface area contributed by atoms with Gasteiger partial charge in [-0.15, -0.1) is 0 Å². The monoisotopic (exact) mass is 640 g/mol. The van der Waals surface area contributed by atoms with E-state index < -0.39 is 56.2 Å². The van der Waals surface area contributed by atoms with Crippen LogP contribution in [0.15, 0.2) is 97.1 Å². The molecule has 0 spiro atoms. The third-order valence-electron chi connectivity index (χ3n) is 8.19. The van der Waals surface area contributed by atoms with Gasteiger partial charge in [0.05, 0.1) is 37.8 Å². The fourth-order valence-corrected chi connectivity index (χ4v) is 5.86. The Hall–Kier alpha value is -7.22. The first-order valence-corrected chi connectivity index (χ1v) is 14.2. The molecule has 4 amide bonds. The van der Waals surface area contributed by atoms with Gasteiger partial charge in [-0.25, -0.2) is 9.80 Å². The maximum Gasteiger partial charge on any atom is 0.302 e. The van der Waals surface area contributed by atoms with Crippen molar-refractivity contribution in [2.45, 2.75) is 0 Å². The molecule has 14 heteroatoms. The van der Waals surface area contributed by atoms with Gasteiger partial charge in [0.15, 0.2) is 0 Å². The highest BCUT2D eigenvalue weighted by Crippen LogP contribution is 2.46. The summed E-state index contributed by atoms with van der Waals surface area (Å²) in [6, 6.07) is 23.8. The van der Waals surface area contributed by atoms with E-state index in [0.717, 1.165) is 12.1 Å². The number of nitro groups is 2. The molecule has 7 rings (SSSR count). The van der Waals surface area contributed by atoms with E-state index in [0.29, 0.717) is 43.4 Å². The number of fused-ring (bicyclic) bond motifs is 2. The Balaban J connectivity index is 1.31. The molecule has 2 aliphatic rings. The number of carbonyl (C=O) groups is 4. The van der Waals surface area contributed by atoms with E-state index in [9.17, 15) is 39.4 Å².